The van der Waals surface area contributed by atoms with Crippen LogP contribution in [0, 0.1) is 5.92 Å². The van der Waals surface area contributed by atoms with Gasteiger partial charge in [-0.2, -0.15) is 0 Å². The molecule has 4 aromatic rings. The Labute approximate surface area is 185 Å². The van der Waals surface area contributed by atoms with Gasteiger partial charge in [-0.25, -0.2) is 4.98 Å². The molecule has 32 heavy (non-hydrogen) atoms. The van der Waals surface area contributed by atoms with E-state index in [1.165, 1.54) is 0 Å². The highest BCUT2D eigenvalue weighted by molar-refractivity contribution is 6.08. The Balaban J connectivity index is 1.75. The lowest BCUT2D eigenvalue weighted by Crippen LogP contribution is -2.49. The molecular formula is C25H22N4O3. The molecule has 0 radical (unpaired) electrons. The second kappa shape index (κ2) is 8.26. The molecule has 7 nitrogen and oxygen atoms in total. The second-order valence-corrected chi connectivity index (χ2v) is 7.64. The van der Waals surface area contributed by atoms with Gasteiger partial charge in [-0.3, -0.25) is 19.5 Å². The van der Waals surface area contributed by atoms with Gasteiger partial charge in [0.15, 0.2) is 5.92 Å². The number of aromatic nitrogens is 3. The van der Waals surface area contributed by atoms with Crippen LogP contribution in [0.3, 0.4) is 0 Å². The van der Waals surface area contributed by atoms with Gasteiger partial charge < -0.3 is 9.30 Å². The van der Waals surface area contributed by atoms with E-state index >= 15 is 0 Å². The van der Waals surface area contributed by atoms with Crippen molar-refractivity contribution in [1.82, 2.24) is 14.5 Å². The van der Waals surface area contributed by atoms with E-state index in [-0.39, 0.29) is 12.5 Å². The van der Waals surface area contributed by atoms with Gasteiger partial charge >= 0.3 is 5.97 Å². The topological polar surface area (TPSA) is 77.3 Å². The van der Waals surface area contributed by atoms with E-state index in [2.05, 4.69) is 4.98 Å². The van der Waals surface area contributed by atoms with Crippen molar-refractivity contribution in [3.8, 4) is 0 Å². The van der Waals surface area contributed by atoms with Crippen LogP contribution >= 0.6 is 0 Å². The van der Waals surface area contributed by atoms with E-state index in [0.29, 0.717) is 12.5 Å². The van der Waals surface area contributed by atoms with Crippen molar-refractivity contribution < 1.29 is 14.3 Å². The predicted molar refractivity (Wildman–Crippen MR) is 120 cm³/mol. The highest BCUT2D eigenvalue weighted by atomic mass is 16.5. The number of para-hydroxylation sites is 2. The normalized spacial score (nSPS) is 17.9. The SMILES string of the molecule is CCOC(=O)C1C(=O)N(Cc2ccccc2)c2nc3ccccc3n2C1c1cccnc1. The fourth-order valence-corrected chi connectivity index (χ4v) is 4.32. The highest BCUT2D eigenvalue weighted by Crippen LogP contribution is 2.41. The Kier molecular flexibility index (Phi) is 5.15. The van der Waals surface area contributed by atoms with E-state index in [4.69, 9.17) is 9.72 Å². The van der Waals surface area contributed by atoms with E-state index in [1.54, 1.807) is 30.3 Å². The first-order valence-electron chi connectivity index (χ1n) is 10.6. The van der Waals surface area contributed by atoms with Crippen LogP contribution in [-0.2, 0) is 20.9 Å². The number of pyridine rings is 1. The maximum atomic E-state index is 13.8. The number of fused-ring (bicyclic) bond motifs is 3. The smallest absolute Gasteiger partial charge is 0.321 e. The largest absolute Gasteiger partial charge is 0.465 e. The van der Waals surface area contributed by atoms with Crippen molar-refractivity contribution in [2.75, 3.05) is 11.5 Å². The van der Waals surface area contributed by atoms with Crippen molar-refractivity contribution in [2.24, 2.45) is 5.92 Å². The zero-order valence-corrected chi connectivity index (χ0v) is 17.6. The number of ether oxygens (including phenoxy) is 1. The van der Waals surface area contributed by atoms with Gasteiger partial charge in [-0.15, -0.1) is 0 Å². The Morgan fingerprint density at radius 3 is 2.56 bits per heavy atom. The third kappa shape index (κ3) is 3.32. The number of carbonyl (C=O) groups excluding carboxylic acids is 2. The van der Waals surface area contributed by atoms with E-state index in [9.17, 15) is 9.59 Å². The van der Waals surface area contributed by atoms with E-state index in [1.807, 2.05) is 65.2 Å². The number of benzene rings is 2. The fraction of sp³-hybridized carbons (Fsp3) is 0.200. The molecule has 2 aromatic carbocycles. The minimum Gasteiger partial charge on any atom is -0.465 e. The molecule has 2 aromatic heterocycles. The lowest BCUT2D eigenvalue weighted by atomic mass is 9.90. The van der Waals surface area contributed by atoms with Crippen molar-refractivity contribution in [3.63, 3.8) is 0 Å². The third-order valence-corrected chi connectivity index (χ3v) is 5.69. The van der Waals surface area contributed by atoms with Crippen LogP contribution in [0.4, 0.5) is 5.95 Å². The number of nitrogens with zero attached hydrogens (tertiary/aromatic N) is 4. The molecule has 2 unspecified atom stereocenters. The molecule has 1 amide bonds. The zero-order valence-electron chi connectivity index (χ0n) is 17.6. The van der Waals surface area contributed by atoms with Crippen molar-refractivity contribution in [3.05, 3.63) is 90.3 Å². The number of hydrogen-bond donors (Lipinski definition) is 0. The molecule has 2 atom stereocenters. The lowest BCUT2D eigenvalue weighted by molar-refractivity contribution is -0.153. The summed E-state index contributed by atoms with van der Waals surface area (Å²) in [6.45, 7) is 2.24. The van der Waals surface area contributed by atoms with Gasteiger partial charge in [0.1, 0.15) is 0 Å². The van der Waals surface area contributed by atoms with Crippen LogP contribution in [0.25, 0.3) is 11.0 Å². The Morgan fingerprint density at radius 2 is 1.81 bits per heavy atom. The predicted octanol–water partition coefficient (Wildman–Crippen LogP) is 3.75. The van der Waals surface area contributed by atoms with Crippen molar-refractivity contribution >= 4 is 28.9 Å². The number of esters is 1. The first-order chi connectivity index (χ1) is 15.7. The number of hydrogen-bond acceptors (Lipinski definition) is 5. The summed E-state index contributed by atoms with van der Waals surface area (Å²) in [6, 6.07) is 20.4. The number of imidazole rings is 1. The average Bonchev–Trinajstić information content (AvgIpc) is 3.21. The summed E-state index contributed by atoms with van der Waals surface area (Å²) in [5.74, 6) is -1.42. The standard InChI is InChI=1S/C25H22N4O3/c1-2-32-24(31)21-22(18-11-8-14-26-15-18)29-20-13-7-6-12-19(20)27-25(29)28(23(21)30)16-17-9-4-3-5-10-17/h3-15,21-22H,2,16H2,1H3. The number of amides is 1. The Hall–Kier alpha value is -4.00. The zero-order chi connectivity index (χ0) is 22.1. The lowest BCUT2D eigenvalue weighted by Gasteiger charge is -2.37. The maximum absolute atomic E-state index is 13.8. The number of carbonyl (C=O) groups is 2. The quantitative estimate of drug-likeness (QED) is 0.359. The number of rotatable bonds is 5. The highest BCUT2D eigenvalue weighted by Gasteiger charge is 2.47. The van der Waals surface area contributed by atoms with Crippen LogP contribution in [0.5, 0.6) is 0 Å². The summed E-state index contributed by atoms with van der Waals surface area (Å²) in [6.07, 6.45) is 3.36. The fourth-order valence-electron chi connectivity index (χ4n) is 4.32. The molecule has 1 aliphatic rings. The molecule has 0 saturated heterocycles. The molecule has 0 aliphatic carbocycles. The van der Waals surface area contributed by atoms with Gasteiger partial charge in [0.2, 0.25) is 11.9 Å². The summed E-state index contributed by atoms with van der Waals surface area (Å²) in [7, 11) is 0. The van der Waals surface area contributed by atoms with Crippen LogP contribution in [0.15, 0.2) is 79.1 Å². The van der Waals surface area contributed by atoms with Gasteiger partial charge in [0.05, 0.1) is 30.2 Å². The summed E-state index contributed by atoms with van der Waals surface area (Å²) in [5, 5.41) is 0. The van der Waals surface area contributed by atoms with E-state index in [0.717, 1.165) is 22.2 Å². The first kappa shape index (κ1) is 19.9. The molecule has 0 N–H and O–H groups in total. The molecule has 0 fully saturated rings. The van der Waals surface area contributed by atoms with Gasteiger partial charge in [0.25, 0.3) is 0 Å². The Bertz CT molecular complexity index is 1270. The monoisotopic (exact) mass is 426 g/mol. The summed E-state index contributed by atoms with van der Waals surface area (Å²) >= 11 is 0. The molecule has 7 heteroatoms. The third-order valence-electron chi connectivity index (χ3n) is 5.69. The van der Waals surface area contributed by atoms with Crippen molar-refractivity contribution in [2.45, 2.75) is 19.5 Å². The molecule has 5 rings (SSSR count). The second-order valence-electron chi connectivity index (χ2n) is 7.64. The minimum atomic E-state index is -1.05. The maximum Gasteiger partial charge on any atom is 0.321 e. The molecule has 3 heterocycles. The first-order valence-corrected chi connectivity index (χ1v) is 10.6. The van der Waals surface area contributed by atoms with E-state index < -0.39 is 17.9 Å². The van der Waals surface area contributed by atoms with Crippen LogP contribution < -0.4 is 4.90 Å². The van der Waals surface area contributed by atoms with Gasteiger partial charge in [-0.1, -0.05) is 48.5 Å². The molecule has 0 bridgehead atoms. The minimum absolute atomic E-state index is 0.193. The molecular weight excluding hydrogens is 404 g/mol. The summed E-state index contributed by atoms with van der Waals surface area (Å²) in [4.78, 5) is 37.6. The Morgan fingerprint density at radius 1 is 1.03 bits per heavy atom. The summed E-state index contributed by atoms with van der Waals surface area (Å²) < 4.78 is 7.34. The molecule has 1 aliphatic heterocycles. The number of anilines is 1. The average molecular weight is 426 g/mol. The molecule has 160 valence electrons. The van der Waals surface area contributed by atoms with Gasteiger partial charge in [-0.05, 0) is 36.2 Å². The van der Waals surface area contributed by atoms with Gasteiger partial charge in [0, 0.05) is 12.4 Å². The van der Waals surface area contributed by atoms with Crippen LogP contribution in [0.1, 0.15) is 24.1 Å². The molecule has 0 saturated carbocycles. The van der Waals surface area contributed by atoms with Crippen LogP contribution in [-0.4, -0.2) is 33.0 Å². The molecule has 0 spiro atoms. The van der Waals surface area contributed by atoms with Crippen LogP contribution in [0.2, 0.25) is 0 Å². The summed E-state index contributed by atoms with van der Waals surface area (Å²) in [5.41, 5.74) is 3.30. The van der Waals surface area contributed by atoms with Crippen molar-refractivity contribution in [1.29, 1.82) is 0 Å².